The largest absolute Gasteiger partial charge is 0.416 e. The first-order valence-electron chi connectivity index (χ1n) is 6.30. The van der Waals surface area contributed by atoms with Crippen molar-refractivity contribution in [2.24, 2.45) is 0 Å². The van der Waals surface area contributed by atoms with E-state index >= 15 is 0 Å². The van der Waals surface area contributed by atoms with Crippen LogP contribution in [0.4, 0.5) is 17.6 Å². The van der Waals surface area contributed by atoms with Crippen molar-refractivity contribution in [3.63, 3.8) is 0 Å². The molecule has 118 valence electrons. The normalized spacial score (nSPS) is 11.9. The van der Waals surface area contributed by atoms with Crippen molar-refractivity contribution >= 4 is 22.8 Å². The number of rotatable bonds is 1. The average molecular weight is 343 g/mol. The molecule has 9 heteroatoms. The summed E-state index contributed by atoms with van der Waals surface area (Å²) in [5.41, 5.74) is -0.418. The average Bonchev–Trinajstić information content (AvgIpc) is 2.44. The van der Waals surface area contributed by atoms with E-state index in [1.807, 2.05) is 0 Å². The van der Waals surface area contributed by atoms with Gasteiger partial charge in [-0.15, -0.1) is 0 Å². The van der Waals surface area contributed by atoms with Crippen LogP contribution in [0.15, 0.2) is 24.4 Å². The van der Waals surface area contributed by atoms with Crippen LogP contribution in [0.3, 0.4) is 0 Å². The second-order valence-electron chi connectivity index (χ2n) is 4.72. The van der Waals surface area contributed by atoms with E-state index in [9.17, 15) is 17.6 Å². The first-order chi connectivity index (χ1) is 10.8. The van der Waals surface area contributed by atoms with Gasteiger partial charge >= 0.3 is 6.18 Å². The lowest BCUT2D eigenvalue weighted by molar-refractivity contribution is -0.137. The number of halogens is 5. The summed E-state index contributed by atoms with van der Waals surface area (Å²) in [6.45, 7) is 1.68. The Hall–Kier alpha value is -2.35. The van der Waals surface area contributed by atoms with Gasteiger partial charge in [0.05, 0.1) is 11.3 Å². The van der Waals surface area contributed by atoms with Gasteiger partial charge in [-0.2, -0.15) is 18.2 Å². The molecule has 0 aliphatic carbocycles. The van der Waals surface area contributed by atoms with Gasteiger partial charge in [0, 0.05) is 11.8 Å². The van der Waals surface area contributed by atoms with E-state index in [4.69, 9.17) is 11.6 Å². The predicted molar refractivity (Wildman–Crippen MR) is 75.3 cm³/mol. The molecule has 0 fully saturated rings. The Morgan fingerprint density at radius 1 is 1.09 bits per heavy atom. The predicted octanol–water partition coefficient (Wildman–Crippen LogP) is 4.21. The van der Waals surface area contributed by atoms with Crippen molar-refractivity contribution < 1.29 is 17.6 Å². The summed E-state index contributed by atoms with van der Waals surface area (Å²) in [5.74, 6) is -1.08. The quantitative estimate of drug-likeness (QED) is 0.491. The van der Waals surface area contributed by atoms with E-state index in [0.717, 1.165) is 12.1 Å². The lowest BCUT2D eigenvalue weighted by atomic mass is 10.1. The van der Waals surface area contributed by atoms with Gasteiger partial charge in [0.1, 0.15) is 17.0 Å². The molecule has 0 bridgehead atoms. The Labute approximate surface area is 132 Å². The Balaban J connectivity index is 2.25. The molecule has 0 amide bonds. The molecule has 0 saturated heterocycles. The van der Waals surface area contributed by atoms with Crippen molar-refractivity contribution in [2.75, 3.05) is 0 Å². The number of hydrogen-bond donors (Lipinski definition) is 0. The fourth-order valence-electron chi connectivity index (χ4n) is 2.04. The molecule has 3 aromatic rings. The van der Waals surface area contributed by atoms with Gasteiger partial charge in [0.15, 0.2) is 5.65 Å². The van der Waals surface area contributed by atoms with E-state index in [-0.39, 0.29) is 27.7 Å². The minimum Gasteiger partial charge on any atom is -0.249 e. The van der Waals surface area contributed by atoms with Crippen LogP contribution in [-0.2, 0) is 6.18 Å². The summed E-state index contributed by atoms with van der Waals surface area (Å²) < 4.78 is 52.0. The highest BCUT2D eigenvalue weighted by Crippen LogP contribution is 2.33. The summed E-state index contributed by atoms with van der Waals surface area (Å²) >= 11 is 5.79. The minimum atomic E-state index is -4.64. The van der Waals surface area contributed by atoms with Crippen LogP contribution < -0.4 is 0 Å². The molecule has 4 nitrogen and oxygen atoms in total. The third-order valence-electron chi connectivity index (χ3n) is 3.05. The van der Waals surface area contributed by atoms with E-state index in [1.165, 1.54) is 6.20 Å². The van der Waals surface area contributed by atoms with Crippen molar-refractivity contribution in [2.45, 2.75) is 13.1 Å². The van der Waals surface area contributed by atoms with E-state index in [0.29, 0.717) is 11.8 Å². The molecule has 0 spiro atoms. The third-order valence-corrected chi connectivity index (χ3v) is 3.22. The van der Waals surface area contributed by atoms with Crippen LogP contribution in [0.5, 0.6) is 0 Å². The second-order valence-corrected chi connectivity index (χ2v) is 5.06. The highest BCUT2D eigenvalue weighted by atomic mass is 35.5. The fourth-order valence-corrected chi connectivity index (χ4v) is 2.20. The van der Waals surface area contributed by atoms with Gasteiger partial charge in [0.2, 0.25) is 5.28 Å². The molecule has 0 atom stereocenters. The molecule has 1 aromatic carbocycles. The van der Waals surface area contributed by atoms with E-state index in [1.54, 1.807) is 6.92 Å². The molecule has 3 rings (SSSR count). The van der Waals surface area contributed by atoms with E-state index in [2.05, 4.69) is 19.9 Å². The van der Waals surface area contributed by atoms with Crippen molar-refractivity contribution in [3.8, 4) is 11.3 Å². The standard InChI is InChI=1S/C14H7ClF4N4/c1-6-5-20-11-10(22-13(15)23-12(11)21-6)8-3-2-7(4-9(8)16)14(17,18)19/h2-5H,1H3. The Morgan fingerprint density at radius 3 is 2.48 bits per heavy atom. The summed E-state index contributed by atoms with van der Waals surface area (Å²) in [6.07, 6.45) is -3.22. The first-order valence-corrected chi connectivity index (χ1v) is 6.67. The topological polar surface area (TPSA) is 51.6 Å². The van der Waals surface area contributed by atoms with Gasteiger partial charge < -0.3 is 0 Å². The van der Waals surface area contributed by atoms with Crippen LogP contribution >= 0.6 is 11.6 Å². The highest BCUT2D eigenvalue weighted by Gasteiger charge is 2.31. The van der Waals surface area contributed by atoms with Crippen LogP contribution in [0.2, 0.25) is 5.28 Å². The zero-order valence-corrected chi connectivity index (χ0v) is 12.2. The number of alkyl halides is 3. The fraction of sp³-hybridized carbons (Fsp3) is 0.143. The maximum absolute atomic E-state index is 14.2. The van der Waals surface area contributed by atoms with Gasteiger partial charge in [-0.1, -0.05) is 0 Å². The lowest BCUT2D eigenvalue weighted by Crippen LogP contribution is -2.06. The summed E-state index contributed by atoms with van der Waals surface area (Å²) in [6, 6.07) is 2.15. The molecule has 0 radical (unpaired) electrons. The van der Waals surface area contributed by atoms with Crippen LogP contribution in [0.25, 0.3) is 22.4 Å². The molecule has 0 unspecified atom stereocenters. The molecule has 0 aliphatic heterocycles. The summed E-state index contributed by atoms with van der Waals surface area (Å²) in [7, 11) is 0. The van der Waals surface area contributed by atoms with Crippen LogP contribution in [0.1, 0.15) is 11.3 Å². The number of benzene rings is 1. The Bertz CT molecular complexity index is 906. The Morgan fingerprint density at radius 2 is 1.83 bits per heavy atom. The SMILES string of the molecule is Cc1cnc2c(-c3ccc(C(F)(F)F)cc3F)nc(Cl)nc2n1. The maximum atomic E-state index is 14.2. The van der Waals surface area contributed by atoms with Crippen molar-refractivity contribution in [1.29, 1.82) is 0 Å². The van der Waals surface area contributed by atoms with E-state index < -0.39 is 17.6 Å². The summed E-state index contributed by atoms with van der Waals surface area (Å²) in [5, 5.41) is -0.202. The molecular weight excluding hydrogens is 336 g/mol. The van der Waals surface area contributed by atoms with Gasteiger partial charge in [-0.25, -0.2) is 19.3 Å². The zero-order valence-electron chi connectivity index (χ0n) is 11.5. The number of nitrogens with zero attached hydrogens (tertiary/aromatic N) is 4. The maximum Gasteiger partial charge on any atom is 0.416 e. The first kappa shape index (κ1) is 15.5. The van der Waals surface area contributed by atoms with Gasteiger partial charge in [-0.05, 0) is 36.7 Å². The number of aromatic nitrogens is 4. The minimum absolute atomic E-state index is 0.0151. The third kappa shape index (κ3) is 2.94. The smallest absolute Gasteiger partial charge is 0.249 e. The molecule has 0 aliphatic rings. The second kappa shape index (κ2) is 5.38. The van der Waals surface area contributed by atoms with Crippen LogP contribution in [-0.4, -0.2) is 19.9 Å². The molecule has 0 N–H and O–H groups in total. The molecule has 2 heterocycles. The lowest BCUT2D eigenvalue weighted by Gasteiger charge is -2.10. The van der Waals surface area contributed by atoms with Gasteiger partial charge in [0.25, 0.3) is 0 Å². The number of aryl methyl sites for hydroxylation is 1. The summed E-state index contributed by atoms with van der Waals surface area (Å²) in [4.78, 5) is 16.0. The van der Waals surface area contributed by atoms with Crippen molar-refractivity contribution in [3.05, 3.63) is 46.8 Å². The highest BCUT2D eigenvalue weighted by molar-refractivity contribution is 6.28. The van der Waals surface area contributed by atoms with Crippen molar-refractivity contribution in [1.82, 2.24) is 19.9 Å². The molecule has 23 heavy (non-hydrogen) atoms. The Kier molecular flexibility index (Phi) is 3.63. The molecule has 2 aromatic heterocycles. The molecule has 0 saturated carbocycles. The number of fused-ring (bicyclic) bond motifs is 1. The molecular formula is C14H7ClF4N4. The monoisotopic (exact) mass is 342 g/mol. The van der Waals surface area contributed by atoms with Gasteiger partial charge in [-0.3, -0.25) is 0 Å². The van der Waals surface area contributed by atoms with Crippen LogP contribution in [0, 0.1) is 12.7 Å². The zero-order chi connectivity index (χ0) is 16.8. The number of hydrogen-bond acceptors (Lipinski definition) is 4.